The van der Waals surface area contributed by atoms with Crippen molar-refractivity contribution in [3.05, 3.63) is 36.7 Å². The van der Waals surface area contributed by atoms with Crippen LogP contribution >= 0.6 is 0 Å². The maximum atomic E-state index is 5.72. The van der Waals surface area contributed by atoms with E-state index in [-0.39, 0.29) is 5.95 Å². The van der Waals surface area contributed by atoms with Gasteiger partial charge in [-0.25, -0.2) is 4.68 Å². The van der Waals surface area contributed by atoms with E-state index in [1.54, 1.807) is 17.1 Å². The molecule has 0 aliphatic heterocycles. The van der Waals surface area contributed by atoms with Crippen LogP contribution in [0.25, 0.3) is 27.8 Å². The first-order chi connectivity index (χ1) is 9.33. The molecule has 4 aromatic rings. The molecule has 3 heterocycles. The van der Waals surface area contributed by atoms with Gasteiger partial charge in [0.15, 0.2) is 11.5 Å². The molecule has 3 aromatic heterocycles. The van der Waals surface area contributed by atoms with Crippen LogP contribution in [0.5, 0.6) is 0 Å². The minimum atomic E-state index is 0.186. The van der Waals surface area contributed by atoms with Crippen molar-refractivity contribution in [2.75, 3.05) is 5.73 Å². The number of para-hydroxylation sites is 1. The average molecular weight is 251 g/mol. The third kappa shape index (κ3) is 1.38. The largest absolute Gasteiger partial charge is 0.368 e. The van der Waals surface area contributed by atoms with Gasteiger partial charge in [-0.05, 0) is 6.07 Å². The number of anilines is 1. The van der Waals surface area contributed by atoms with Crippen LogP contribution in [0.1, 0.15) is 0 Å². The molecule has 0 unspecified atom stereocenters. The minimum absolute atomic E-state index is 0.186. The fourth-order valence-electron chi connectivity index (χ4n) is 2.14. The summed E-state index contributed by atoms with van der Waals surface area (Å²) in [6.45, 7) is 0. The van der Waals surface area contributed by atoms with E-state index in [1.165, 1.54) is 0 Å². The molecule has 0 bridgehead atoms. The number of hydrogen-bond donors (Lipinski definition) is 2. The number of nitrogens with zero attached hydrogens (tertiary/aromatic N) is 5. The summed E-state index contributed by atoms with van der Waals surface area (Å²) in [5, 5.41) is 12.9. The molecule has 0 saturated heterocycles. The number of aromatic amines is 1. The molecular weight excluding hydrogens is 242 g/mol. The molecule has 0 aliphatic rings. The topological polar surface area (TPSA) is 98.3 Å². The van der Waals surface area contributed by atoms with E-state index < -0.39 is 0 Å². The molecule has 3 N–H and O–H groups in total. The quantitative estimate of drug-likeness (QED) is 0.531. The highest BCUT2D eigenvalue weighted by molar-refractivity contribution is 5.87. The molecule has 7 nitrogen and oxygen atoms in total. The Balaban J connectivity index is 2.11. The smallest absolute Gasteiger partial charge is 0.224 e. The number of nitrogens with two attached hydrogens (primary N) is 1. The second-order valence-electron chi connectivity index (χ2n) is 4.15. The van der Waals surface area contributed by atoms with Crippen molar-refractivity contribution in [2.45, 2.75) is 0 Å². The van der Waals surface area contributed by atoms with Crippen LogP contribution in [0.4, 0.5) is 5.95 Å². The molecule has 0 atom stereocenters. The lowest BCUT2D eigenvalue weighted by atomic mass is 10.2. The van der Waals surface area contributed by atoms with Crippen molar-refractivity contribution in [3.8, 4) is 5.82 Å². The summed E-state index contributed by atoms with van der Waals surface area (Å²) in [5.41, 5.74) is 7.28. The molecule has 0 spiro atoms. The van der Waals surface area contributed by atoms with Crippen LogP contribution in [-0.4, -0.2) is 29.9 Å². The highest BCUT2D eigenvalue weighted by atomic mass is 15.3. The number of aromatic nitrogens is 6. The summed E-state index contributed by atoms with van der Waals surface area (Å²) < 4.78 is 1.74. The standard InChI is InChI=1S/C12H9N7/c13-12-16-10-8(6-14-18-10)11(17-12)19-9-4-2-1-3-7(9)5-15-19/h1-6H,(H3,13,14,16,17,18). The van der Waals surface area contributed by atoms with Crippen LogP contribution in [0.15, 0.2) is 36.7 Å². The number of rotatable bonds is 1. The highest BCUT2D eigenvalue weighted by Crippen LogP contribution is 2.22. The van der Waals surface area contributed by atoms with Crippen LogP contribution in [-0.2, 0) is 0 Å². The van der Waals surface area contributed by atoms with E-state index in [0.29, 0.717) is 11.5 Å². The molecule has 4 rings (SSSR count). The van der Waals surface area contributed by atoms with Crippen molar-refractivity contribution < 1.29 is 0 Å². The number of nitrogen functional groups attached to an aromatic ring is 1. The SMILES string of the molecule is Nc1nc(-n2ncc3ccccc32)c2cn[nH]c2n1. The third-order valence-corrected chi connectivity index (χ3v) is 2.98. The van der Waals surface area contributed by atoms with E-state index in [9.17, 15) is 0 Å². The van der Waals surface area contributed by atoms with Crippen molar-refractivity contribution in [2.24, 2.45) is 0 Å². The summed E-state index contributed by atoms with van der Waals surface area (Å²) in [6.07, 6.45) is 3.46. The summed E-state index contributed by atoms with van der Waals surface area (Å²) in [6, 6.07) is 7.90. The second kappa shape index (κ2) is 3.52. The van der Waals surface area contributed by atoms with Gasteiger partial charge in [0.1, 0.15) is 0 Å². The Labute approximate surface area is 107 Å². The highest BCUT2D eigenvalue weighted by Gasteiger charge is 2.12. The monoisotopic (exact) mass is 251 g/mol. The molecule has 0 amide bonds. The molecular formula is C12H9N7. The Hall–Kier alpha value is -2.96. The maximum Gasteiger partial charge on any atom is 0.224 e. The van der Waals surface area contributed by atoms with E-state index >= 15 is 0 Å². The number of nitrogens with one attached hydrogen (secondary N) is 1. The van der Waals surface area contributed by atoms with Crippen LogP contribution in [0.2, 0.25) is 0 Å². The molecule has 0 fully saturated rings. The van der Waals surface area contributed by atoms with Gasteiger partial charge >= 0.3 is 0 Å². The number of fused-ring (bicyclic) bond motifs is 2. The van der Waals surface area contributed by atoms with Crippen molar-refractivity contribution in [1.29, 1.82) is 0 Å². The van der Waals surface area contributed by atoms with Gasteiger partial charge in [-0.2, -0.15) is 20.2 Å². The first kappa shape index (κ1) is 10.0. The van der Waals surface area contributed by atoms with Gasteiger partial charge in [0, 0.05) is 5.39 Å². The first-order valence-electron chi connectivity index (χ1n) is 5.73. The minimum Gasteiger partial charge on any atom is -0.368 e. The zero-order valence-electron chi connectivity index (χ0n) is 9.78. The lowest BCUT2D eigenvalue weighted by Gasteiger charge is -2.04. The lowest BCUT2D eigenvalue weighted by Crippen LogP contribution is -2.04. The Kier molecular flexibility index (Phi) is 1.85. The average Bonchev–Trinajstić information content (AvgIpc) is 3.03. The molecule has 0 saturated carbocycles. The van der Waals surface area contributed by atoms with Gasteiger partial charge in [-0.1, -0.05) is 18.2 Å². The van der Waals surface area contributed by atoms with Gasteiger partial charge in [0.25, 0.3) is 0 Å². The molecule has 1 aromatic carbocycles. The normalized spacial score (nSPS) is 11.4. The summed E-state index contributed by atoms with van der Waals surface area (Å²) in [5.74, 6) is 0.809. The van der Waals surface area contributed by atoms with Gasteiger partial charge in [-0.15, -0.1) is 0 Å². The van der Waals surface area contributed by atoms with Gasteiger partial charge < -0.3 is 5.73 Å². The number of hydrogen-bond acceptors (Lipinski definition) is 5. The fraction of sp³-hybridized carbons (Fsp3) is 0. The van der Waals surface area contributed by atoms with E-state index in [4.69, 9.17) is 5.73 Å². The van der Waals surface area contributed by atoms with Crippen molar-refractivity contribution in [1.82, 2.24) is 29.9 Å². The maximum absolute atomic E-state index is 5.72. The Bertz CT molecular complexity index is 889. The van der Waals surface area contributed by atoms with Gasteiger partial charge in [0.05, 0.1) is 23.3 Å². The third-order valence-electron chi connectivity index (χ3n) is 2.98. The van der Waals surface area contributed by atoms with Crippen LogP contribution in [0.3, 0.4) is 0 Å². The molecule has 0 aliphatic carbocycles. The summed E-state index contributed by atoms with van der Waals surface area (Å²) in [7, 11) is 0. The van der Waals surface area contributed by atoms with Crippen LogP contribution in [0, 0.1) is 0 Å². The van der Waals surface area contributed by atoms with E-state index in [1.807, 2.05) is 24.3 Å². The fourth-order valence-corrected chi connectivity index (χ4v) is 2.14. The number of H-pyrrole nitrogens is 1. The molecule has 0 radical (unpaired) electrons. The summed E-state index contributed by atoms with van der Waals surface area (Å²) in [4.78, 5) is 8.37. The Morgan fingerprint density at radius 1 is 1.11 bits per heavy atom. The molecule has 92 valence electrons. The zero-order chi connectivity index (χ0) is 12.8. The predicted octanol–water partition coefficient (Wildman–Crippen LogP) is 1.27. The van der Waals surface area contributed by atoms with Crippen LogP contribution < -0.4 is 5.73 Å². The lowest BCUT2D eigenvalue weighted by molar-refractivity contribution is 0.881. The Morgan fingerprint density at radius 3 is 2.95 bits per heavy atom. The van der Waals surface area contributed by atoms with E-state index in [0.717, 1.165) is 16.3 Å². The Morgan fingerprint density at radius 2 is 2.00 bits per heavy atom. The van der Waals surface area contributed by atoms with Gasteiger partial charge in [-0.3, -0.25) is 5.10 Å². The second-order valence-corrected chi connectivity index (χ2v) is 4.15. The zero-order valence-corrected chi connectivity index (χ0v) is 9.78. The van der Waals surface area contributed by atoms with Gasteiger partial charge in [0.2, 0.25) is 5.95 Å². The molecule has 19 heavy (non-hydrogen) atoms. The first-order valence-corrected chi connectivity index (χ1v) is 5.73. The predicted molar refractivity (Wildman–Crippen MR) is 70.7 cm³/mol. The molecule has 7 heteroatoms. The summed E-state index contributed by atoms with van der Waals surface area (Å²) >= 11 is 0. The number of benzene rings is 1. The van der Waals surface area contributed by atoms with E-state index in [2.05, 4.69) is 25.3 Å². The van der Waals surface area contributed by atoms with Crippen molar-refractivity contribution >= 4 is 27.9 Å². The van der Waals surface area contributed by atoms with Crippen molar-refractivity contribution in [3.63, 3.8) is 0 Å².